The van der Waals surface area contributed by atoms with Crippen molar-refractivity contribution in [2.75, 3.05) is 0 Å². The first-order valence-electron chi connectivity index (χ1n) is 3.86. The molecule has 0 radical (unpaired) electrons. The number of nitrogens with two attached hydrogens (primary N) is 1. The van der Waals surface area contributed by atoms with Gasteiger partial charge in [-0.2, -0.15) is 0 Å². The number of carbonyl (C=O) groups is 1. The number of pyridine rings is 1. The minimum atomic E-state index is -0.398. The molecule has 0 unspecified atom stereocenters. The van der Waals surface area contributed by atoms with Crippen LogP contribution in [0.1, 0.15) is 10.5 Å². The Kier molecular flexibility index (Phi) is 2.22. The van der Waals surface area contributed by atoms with E-state index in [2.05, 4.69) is 20.9 Å². The van der Waals surface area contributed by atoms with E-state index in [0.29, 0.717) is 11.3 Å². The van der Waals surface area contributed by atoms with E-state index in [9.17, 15) is 4.79 Å². The van der Waals surface area contributed by atoms with E-state index < -0.39 is 5.91 Å². The zero-order valence-corrected chi connectivity index (χ0v) is 8.65. The number of nitrogens with zero attached hydrogens (tertiary/aromatic N) is 2. The van der Waals surface area contributed by atoms with E-state index in [1.165, 1.54) is 0 Å². The van der Waals surface area contributed by atoms with Gasteiger partial charge in [-0.05, 0) is 12.1 Å². The quantitative estimate of drug-likeness (QED) is 0.447. The molecule has 2 aromatic heterocycles. The number of halogens is 1. The molecule has 0 aromatic carbocycles. The van der Waals surface area contributed by atoms with Crippen molar-refractivity contribution in [1.82, 2.24) is 14.8 Å². The second-order valence-corrected chi connectivity index (χ2v) is 3.63. The number of rotatable bonds is 1. The molecule has 0 spiro atoms. The summed E-state index contributed by atoms with van der Waals surface area (Å²) in [5.74, 6) is 4.60. The van der Waals surface area contributed by atoms with Crippen molar-refractivity contribution in [3.63, 3.8) is 0 Å². The molecule has 0 fully saturated rings. The number of hydrogen-bond acceptors (Lipinski definition) is 3. The summed E-state index contributed by atoms with van der Waals surface area (Å²) in [6.45, 7) is 0. The first-order valence-corrected chi connectivity index (χ1v) is 4.65. The van der Waals surface area contributed by atoms with Crippen LogP contribution in [0.25, 0.3) is 5.65 Å². The molecule has 0 saturated carbocycles. The highest BCUT2D eigenvalue weighted by Gasteiger charge is 2.08. The molecule has 3 N–H and O–H groups in total. The van der Waals surface area contributed by atoms with Crippen molar-refractivity contribution in [2.24, 2.45) is 5.84 Å². The second-order valence-electron chi connectivity index (χ2n) is 2.71. The fourth-order valence-corrected chi connectivity index (χ4v) is 1.46. The lowest BCUT2D eigenvalue weighted by molar-refractivity contribution is 0.0949. The number of fused-ring (bicyclic) bond motifs is 1. The smallest absolute Gasteiger partial charge is 0.285 e. The fourth-order valence-electron chi connectivity index (χ4n) is 1.14. The van der Waals surface area contributed by atoms with Gasteiger partial charge in [0, 0.05) is 16.9 Å². The Labute approximate surface area is 88.0 Å². The molecule has 5 nitrogen and oxygen atoms in total. The lowest BCUT2D eigenvalue weighted by atomic mass is 10.5. The highest BCUT2D eigenvalue weighted by molar-refractivity contribution is 9.10. The van der Waals surface area contributed by atoms with Gasteiger partial charge in [-0.25, -0.2) is 10.8 Å². The number of nitrogen functional groups attached to an aromatic ring is 1. The molecule has 14 heavy (non-hydrogen) atoms. The summed E-state index contributed by atoms with van der Waals surface area (Å²) >= 11 is 3.32. The Bertz CT molecular complexity index is 493. The first-order chi connectivity index (χ1) is 6.70. The number of hydrazine groups is 1. The van der Waals surface area contributed by atoms with Gasteiger partial charge in [-0.15, -0.1) is 0 Å². The van der Waals surface area contributed by atoms with Crippen molar-refractivity contribution in [3.05, 3.63) is 34.7 Å². The molecule has 0 aliphatic heterocycles. The normalized spacial score (nSPS) is 10.4. The Hall–Kier alpha value is -1.40. The van der Waals surface area contributed by atoms with Crippen LogP contribution in [-0.2, 0) is 0 Å². The molecule has 0 bridgehead atoms. The van der Waals surface area contributed by atoms with Crippen LogP contribution in [0.4, 0.5) is 0 Å². The zero-order valence-electron chi connectivity index (χ0n) is 7.07. The van der Waals surface area contributed by atoms with Crippen molar-refractivity contribution < 1.29 is 4.79 Å². The van der Waals surface area contributed by atoms with Gasteiger partial charge in [-0.3, -0.25) is 10.2 Å². The number of amides is 1. The minimum Gasteiger partial charge on any atom is -0.306 e. The molecular formula is C8H7BrN4O. The summed E-state index contributed by atoms with van der Waals surface area (Å²) < 4.78 is 2.66. The lowest BCUT2D eigenvalue weighted by Gasteiger charge is -1.91. The Balaban J connectivity index is 2.56. The van der Waals surface area contributed by atoms with Crippen LogP contribution in [0.3, 0.4) is 0 Å². The van der Waals surface area contributed by atoms with Gasteiger partial charge in [0.05, 0.1) is 0 Å². The summed E-state index contributed by atoms with van der Waals surface area (Å²) in [5, 5.41) is 0. The van der Waals surface area contributed by atoms with Crippen LogP contribution in [-0.4, -0.2) is 15.3 Å². The van der Waals surface area contributed by atoms with Crippen LogP contribution in [0.2, 0.25) is 0 Å². The second kappa shape index (κ2) is 3.39. The minimum absolute atomic E-state index is 0.297. The standard InChI is InChI=1S/C8H7BrN4O/c9-5-1-2-13-4-6(8(14)12-10)11-7(13)3-5/h1-4H,10H2,(H,12,14). The SMILES string of the molecule is NNC(=O)c1cn2ccc(Br)cc2n1. The van der Waals surface area contributed by atoms with Gasteiger partial charge in [0.15, 0.2) is 0 Å². The van der Waals surface area contributed by atoms with Crippen LogP contribution < -0.4 is 11.3 Å². The first kappa shape index (κ1) is 9.17. The monoisotopic (exact) mass is 254 g/mol. The number of nitrogens with one attached hydrogen (secondary N) is 1. The molecule has 2 rings (SSSR count). The average molecular weight is 255 g/mol. The maximum atomic E-state index is 11.1. The van der Waals surface area contributed by atoms with Crippen LogP contribution >= 0.6 is 15.9 Å². The molecule has 0 aliphatic rings. The van der Waals surface area contributed by atoms with Crippen molar-refractivity contribution in [3.8, 4) is 0 Å². The van der Waals surface area contributed by atoms with Gasteiger partial charge in [0.25, 0.3) is 5.91 Å². The highest BCUT2D eigenvalue weighted by atomic mass is 79.9. The molecular weight excluding hydrogens is 248 g/mol. The van der Waals surface area contributed by atoms with E-state index in [1.807, 2.05) is 17.6 Å². The van der Waals surface area contributed by atoms with Crippen LogP contribution in [0.15, 0.2) is 29.0 Å². The molecule has 0 atom stereocenters. The van der Waals surface area contributed by atoms with Crippen LogP contribution in [0.5, 0.6) is 0 Å². The fraction of sp³-hybridized carbons (Fsp3) is 0. The Morgan fingerprint density at radius 3 is 3.14 bits per heavy atom. The average Bonchev–Trinajstić information content (AvgIpc) is 2.59. The van der Waals surface area contributed by atoms with E-state index >= 15 is 0 Å². The van der Waals surface area contributed by atoms with E-state index in [-0.39, 0.29) is 0 Å². The summed E-state index contributed by atoms with van der Waals surface area (Å²) in [4.78, 5) is 15.2. The molecule has 2 aromatic rings. The molecule has 0 saturated heterocycles. The molecule has 2 heterocycles. The van der Waals surface area contributed by atoms with Crippen molar-refractivity contribution in [2.45, 2.75) is 0 Å². The van der Waals surface area contributed by atoms with Gasteiger partial charge in [0.2, 0.25) is 0 Å². The van der Waals surface area contributed by atoms with E-state index in [4.69, 9.17) is 5.84 Å². The van der Waals surface area contributed by atoms with Gasteiger partial charge in [-0.1, -0.05) is 15.9 Å². The summed E-state index contributed by atoms with van der Waals surface area (Å²) in [6.07, 6.45) is 3.42. The highest BCUT2D eigenvalue weighted by Crippen LogP contribution is 2.12. The van der Waals surface area contributed by atoms with Crippen LogP contribution in [0, 0.1) is 0 Å². The van der Waals surface area contributed by atoms with Crippen molar-refractivity contribution >= 4 is 27.5 Å². The third-order valence-electron chi connectivity index (χ3n) is 1.79. The molecule has 0 aliphatic carbocycles. The zero-order chi connectivity index (χ0) is 10.1. The maximum absolute atomic E-state index is 11.1. The number of imidazole rings is 1. The molecule has 1 amide bonds. The summed E-state index contributed by atoms with van der Waals surface area (Å²) in [6, 6.07) is 3.67. The summed E-state index contributed by atoms with van der Waals surface area (Å²) in [5.41, 5.74) is 3.02. The maximum Gasteiger partial charge on any atom is 0.285 e. The largest absolute Gasteiger partial charge is 0.306 e. The number of carbonyl (C=O) groups excluding carboxylic acids is 1. The molecule has 6 heteroatoms. The van der Waals surface area contributed by atoms with E-state index in [0.717, 1.165) is 4.47 Å². The Morgan fingerprint density at radius 2 is 2.43 bits per heavy atom. The molecule has 72 valence electrons. The van der Waals surface area contributed by atoms with Gasteiger partial charge in [0.1, 0.15) is 11.3 Å². The third-order valence-corrected chi connectivity index (χ3v) is 2.28. The van der Waals surface area contributed by atoms with E-state index in [1.54, 1.807) is 16.8 Å². The topological polar surface area (TPSA) is 72.4 Å². The van der Waals surface area contributed by atoms with Gasteiger partial charge < -0.3 is 4.40 Å². The Morgan fingerprint density at radius 1 is 1.64 bits per heavy atom. The third kappa shape index (κ3) is 1.49. The predicted octanol–water partition coefficient (Wildman–Crippen LogP) is 0.700. The summed E-state index contributed by atoms with van der Waals surface area (Å²) in [7, 11) is 0. The predicted molar refractivity (Wildman–Crippen MR) is 54.5 cm³/mol. The lowest BCUT2D eigenvalue weighted by Crippen LogP contribution is -2.30. The number of hydrogen-bond donors (Lipinski definition) is 2. The number of aromatic nitrogens is 2. The van der Waals surface area contributed by atoms with Crippen molar-refractivity contribution in [1.29, 1.82) is 0 Å². The van der Waals surface area contributed by atoms with Gasteiger partial charge >= 0.3 is 0 Å².